The molecule has 1 aromatic carbocycles. The minimum atomic E-state index is -3.58. The van der Waals surface area contributed by atoms with Gasteiger partial charge in [-0.3, -0.25) is 0 Å². The summed E-state index contributed by atoms with van der Waals surface area (Å²) in [6.07, 6.45) is -0.489. The lowest BCUT2D eigenvalue weighted by molar-refractivity contribution is -0.286. The molecule has 80 valence electrons. The summed E-state index contributed by atoms with van der Waals surface area (Å²) in [7, 11) is 0. The van der Waals surface area contributed by atoms with E-state index in [1.54, 1.807) is 12.1 Å². The lowest BCUT2D eigenvalue weighted by Gasteiger charge is -2.04. The largest absolute Gasteiger partial charge is 0.586 e. The quantitative estimate of drug-likeness (QED) is 0.818. The summed E-state index contributed by atoms with van der Waals surface area (Å²) in [5, 5.41) is 8.54. The summed E-state index contributed by atoms with van der Waals surface area (Å²) >= 11 is 0. The topological polar surface area (TPSA) is 38.7 Å². The van der Waals surface area contributed by atoms with Crippen LogP contribution in [-0.2, 0) is 0 Å². The van der Waals surface area contributed by atoms with Crippen LogP contribution in [0.3, 0.4) is 0 Å². The molecule has 0 saturated heterocycles. The Morgan fingerprint density at radius 1 is 1.27 bits per heavy atom. The van der Waals surface area contributed by atoms with Gasteiger partial charge in [-0.25, -0.2) is 0 Å². The first-order chi connectivity index (χ1) is 7.11. The van der Waals surface area contributed by atoms with Gasteiger partial charge in [-0.15, -0.1) is 8.78 Å². The predicted molar refractivity (Wildman–Crippen MR) is 48.8 cm³/mol. The van der Waals surface area contributed by atoms with Crippen LogP contribution < -0.4 is 9.47 Å². The highest BCUT2D eigenvalue weighted by Crippen LogP contribution is 2.41. The van der Waals surface area contributed by atoms with Gasteiger partial charge in [0.15, 0.2) is 11.5 Å². The summed E-state index contributed by atoms with van der Waals surface area (Å²) in [5.74, 6) is 0.0150. The van der Waals surface area contributed by atoms with Gasteiger partial charge in [0, 0.05) is 0 Å². The zero-order chi connectivity index (χ0) is 10.9. The maximum Gasteiger partial charge on any atom is 0.586 e. The molecule has 5 heteroatoms. The van der Waals surface area contributed by atoms with Gasteiger partial charge >= 0.3 is 6.29 Å². The van der Waals surface area contributed by atoms with E-state index in [2.05, 4.69) is 9.47 Å². The molecule has 1 aliphatic rings. The third kappa shape index (κ3) is 2.07. The molecule has 0 unspecified atom stereocenters. The van der Waals surface area contributed by atoms with Crippen molar-refractivity contribution in [1.29, 1.82) is 0 Å². The summed E-state index contributed by atoms with van der Waals surface area (Å²) < 4.78 is 33.7. The number of rotatable bonds is 2. The SMILES string of the molecule is OCC=Cc1ccc2c(c1)OC(F)(F)O2. The maximum atomic E-state index is 12.6. The van der Waals surface area contributed by atoms with Crippen molar-refractivity contribution in [2.24, 2.45) is 0 Å². The van der Waals surface area contributed by atoms with Crippen LogP contribution in [0.2, 0.25) is 0 Å². The fourth-order valence-electron chi connectivity index (χ4n) is 1.26. The van der Waals surface area contributed by atoms with Gasteiger partial charge < -0.3 is 14.6 Å². The molecule has 15 heavy (non-hydrogen) atoms. The lowest BCUT2D eigenvalue weighted by atomic mass is 10.2. The van der Waals surface area contributed by atoms with E-state index < -0.39 is 6.29 Å². The number of hydrogen-bond acceptors (Lipinski definition) is 3. The van der Waals surface area contributed by atoms with Crippen LogP contribution in [0.25, 0.3) is 6.08 Å². The number of ether oxygens (including phenoxy) is 2. The van der Waals surface area contributed by atoms with Crippen molar-refractivity contribution in [1.82, 2.24) is 0 Å². The van der Waals surface area contributed by atoms with Gasteiger partial charge in [0.05, 0.1) is 6.61 Å². The Morgan fingerprint density at radius 2 is 2.00 bits per heavy atom. The van der Waals surface area contributed by atoms with E-state index in [1.165, 1.54) is 18.2 Å². The molecule has 0 fully saturated rings. The number of aliphatic hydroxyl groups excluding tert-OH is 1. The average Bonchev–Trinajstić information content (AvgIpc) is 2.47. The second-order valence-corrected chi connectivity index (χ2v) is 2.96. The second kappa shape index (κ2) is 3.51. The molecular weight excluding hydrogens is 206 g/mol. The van der Waals surface area contributed by atoms with Crippen molar-refractivity contribution in [3.63, 3.8) is 0 Å². The van der Waals surface area contributed by atoms with Crippen LogP contribution in [0.1, 0.15) is 5.56 Å². The molecule has 2 rings (SSSR count). The number of fused-ring (bicyclic) bond motifs is 1. The van der Waals surface area contributed by atoms with Crippen molar-refractivity contribution >= 4 is 6.08 Å². The first-order valence-corrected chi connectivity index (χ1v) is 4.28. The van der Waals surface area contributed by atoms with Crippen LogP contribution in [-0.4, -0.2) is 18.0 Å². The first-order valence-electron chi connectivity index (χ1n) is 4.28. The first kappa shape index (κ1) is 9.92. The Hall–Kier alpha value is -1.62. The van der Waals surface area contributed by atoms with E-state index in [9.17, 15) is 8.78 Å². The molecule has 0 saturated carbocycles. The van der Waals surface area contributed by atoms with Crippen molar-refractivity contribution in [3.05, 3.63) is 29.8 Å². The maximum absolute atomic E-state index is 12.6. The van der Waals surface area contributed by atoms with Crippen molar-refractivity contribution in [2.75, 3.05) is 6.61 Å². The third-order valence-corrected chi connectivity index (χ3v) is 1.84. The van der Waals surface area contributed by atoms with Gasteiger partial charge in [0.2, 0.25) is 0 Å². The number of halogens is 2. The van der Waals surface area contributed by atoms with Crippen molar-refractivity contribution in [2.45, 2.75) is 6.29 Å². The van der Waals surface area contributed by atoms with E-state index in [4.69, 9.17) is 5.11 Å². The van der Waals surface area contributed by atoms with Gasteiger partial charge in [-0.1, -0.05) is 18.2 Å². The number of aliphatic hydroxyl groups is 1. The lowest BCUT2D eigenvalue weighted by Crippen LogP contribution is -2.25. The van der Waals surface area contributed by atoms with Crippen LogP contribution in [0.15, 0.2) is 24.3 Å². The van der Waals surface area contributed by atoms with E-state index in [1.807, 2.05) is 0 Å². The Bertz CT molecular complexity index is 402. The molecule has 1 heterocycles. The summed E-state index contributed by atoms with van der Waals surface area (Å²) in [6.45, 7) is -0.107. The Labute approximate surface area is 84.5 Å². The molecule has 0 aromatic heterocycles. The fraction of sp³-hybridized carbons (Fsp3) is 0.200. The average molecular weight is 214 g/mol. The smallest absolute Gasteiger partial charge is 0.395 e. The number of alkyl halides is 2. The molecule has 0 aliphatic carbocycles. The zero-order valence-electron chi connectivity index (χ0n) is 7.61. The minimum absolute atomic E-state index is 0.0000831. The molecule has 0 amide bonds. The van der Waals surface area contributed by atoms with Gasteiger partial charge in [-0.2, -0.15) is 0 Å². The predicted octanol–water partition coefficient (Wildman–Crippen LogP) is 2.01. The van der Waals surface area contributed by atoms with Crippen LogP contribution >= 0.6 is 0 Å². The molecule has 0 atom stereocenters. The van der Waals surface area contributed by atoms with Crippen molar-refractivity contribution < 1.29 is 23.4 Å². The zero-order valence-corrected chi connectivity index (χ0v) is 7.61. The minimum Gasteiger partial charge on any atom is -0.395 e. The van der Waals surface area contributed by atoms with Gasteiger partial charge in [0.25, 0.3) is 0 Å². The Balaban J connectivity index is 2.26. The molecule has 1 N–H and O–H groups in total. The highest BCUT2D eigenvalue weighted by atomic mass is 19.3. The Kier molecular flexibility index (Phi) is 2.32. The molecule has 1 aromatic rings. The van der Waals surface area contributed by atoms with Crippen molar-refractivity contribution in [3.8, 4) is 11.5 Å². The molecule has 3 nitrogen and oxygen atoms in total. The van der Waals surface area contributed by atoms with Crippen LogP contribution in [0.4, 0.5) is 8.78 Å². The van der Waals surface area contributed by atoms with E-state index in [0.717, 1.165) is 0 Å². The monoisotopic (exact) mass is 214 g/mol. The van der Waals surface area contributed by atoms with Crippen LogP contribution in [0, 0.1) is 0 Å². The number of hydrogen-bond donors (Lipinski definition) is 1. The highest BCUT2D eigenvalue weighted by Gasteiger charge is 2.43. The summed E-state index contributed by atoms with van der Waals surface area (Å²) in [6, 6.07) is 4.41. The van der Waals surface area contributed by atoms with E-state index in [-0.39, 0.29) is 18.1 Å². The Morgan fingerprint density at radius 3 is 2.73 bits per heavy atom. The third-order valence-electron chi connectivity index (χ3n) is 1.84. The second-order valence-electron chi connectivity index (χ2n) is 2.96. The molecule has 1 aliphatic heterocycles. The van der Waals surface area contributed by atoms with E-state index >= 15 is 0 Å². The molecule has 0 spiro atoms. The molecule has 0 bridgehead atoms. The highest BCUT2D eigenvalue weighted by molar-refractivity contribution is 5.56. The van der Waals surface area contributed by atoms with Gasteiger partial charge in [-0.05, 0) is 17.7 Å². The fourth-order valence-corrected chi connectivity index (χ4v) is 1.26. The van der Waals surface area contributed by atoms with Gasteiger partial charge in [0.1, 0.15) is 0 Å². The number of benzene rings is 1. The molecule has 0 radical (unpaired) electrons. The van der Waals surface area contributed by atoms with Crippen LogP contribution in [0.5, 0.6) is 11.5 Å². The molecular formula is C10H8F2O3. The van der Waals surface area contributed by atoms with E-state index in [0.29, 0.717) is 5.56 Å². The summed E-state index contributed by atoms with van der Waals surface area (Å²) in [4.78, 5) is 0. The normalized spacial score (nSPS) is 17.3. The standard InChI is InChI=1S/C10H8F2O3/c11-10(12)14-8-4-3-7(2-1-5-13)6-9(8)15-10/h1-4,6,13H,5H2. The summed E-state index contributed by atoms with van der Waals surface area (Å²) in [5.41, 5.74) is 0.657.